The number of likely N-dealkylation sites (tertiary alicyclic amines) is 1. The first-order valence-electron chi connectivity index (χ1n) is 9.82. The van der Waals surface area contributed by atoms with Gasteiger partial charge in [0, 0.05) is 7.97 Å². The number of nitrogen functional groups attached to an aromatic ring is 2. The first-order valence-corrected chi connectivity index (χ1v) is 10.6. The number of hydrogen-bond acceptors (Lipinski definition) is 7. The minimum Gasteiger partial charge on any atom is -0.383 e. The molecule has 2 atom stereocenters. The van der Waals surface area contributed by atoms with Crippen molar-refractivity contribution >= 4 is 50.0 Å². The zero-order chi connectivity index (χ0) is 21.4. The van der Waals surface area contributed by atoms with Crippen LogP contribution in [0.15, 0.2) is 30.5 Å². The summed E-state index contributed by atoms with van der Waals surface area (Å²) in [6.07, 6.45) is 3.21. The number of aryl methyl sites for hydroxylation is 1. The second-order valence-corrected chi connectivity index (χ2v) is 8.88. The van der Waals surface area contributed by atoms with Crippen molar-refractivity contribution in [1.82, 2.24) is 14.9 Å². The number of pyridine rings is 1. The highest BCUT2D eigenvalue weighted by Crippen LogP contribution is 2.35. The van der Waals surface area contributed by atoms with Gasteiger partial charge in [-0.2, -0.15) is 0 Å². The molecule has 158 valence electrons. The van der Waals surface area contributed by atoms with Crippen LogP contribution in [0.3, 0.4) is 0 Å². The van der Waals surface area contributed by atoms with Crippen LogP contribution < -0.4 is 16.8 Å². The molecule has 0 aliphatic carbocycles. The third kappa shape index (κ3) is 3.93. The molecule has 1 saturated heterocycles. The molecule has 8 nitrogen and oxygen atoms in total. The number of amides is 2. The molecule has 0 unspecified atom stereocenters. The van der Waals surface area contributed by atoms with E-state index < -0.39 is 11.8 Å². The molecule has 0 saturated carbocycles. The van der Waals surface area contributed by atoms with Crippen LogP contribution in [0.5, 0.6) is 0 Å². The van der Waals surface area contributed by atoms with Gasteiger partial charge in [-0.1, -0.05) is 24.3 Å². The summed E-state index contributed by atoms with van der Waals surface area (Å²) < 4.78 is 1.00. The predicted octanol–water partition coefficient (Wildman–Crippen LogP) is 3.35. The molecule has 1 aliphatic rings. The van der Waals surface area contributed by atoms with Gasteiger partial charge >= 0.3 is 11.8 Å². The summed E-state index contributed by atoms with van der Waals surface area (Å²) in [5, 5.41) is 3.16. The third-order valence-electron chi connectivity index (χ3n) is 5.46. The van der Waals surface area contributed by atoms with Gasteiger partial charge in [-0.25, -0.2) is 9.97 Å². The number of fused-ring (bicyclic) bond motifs is 1. The largest absolute Gasteiger partial charge is 0.383 e. The van der Waals surface area contributed by atoms with Crippen LogP contribution in [0.25, 0.3) is 10.2 Å². The molecule has 1 aliphatic heterocycles. The van der Waals surface area contributed by atoms with Crippen molar-refractivity contribution in [2.24, 2.45) is 5.92 Å². The Balaban J connectivity index is 0.00000272. The van der Waals surface area contributed by atoms with Crippen LogP contribution in [0.2, 0.25) is 0 Å². The van der Waals surface area contributed by atoms with Crippen LogP contribution in [-0.2, 0) is 9.59 Å². The van der Waals surface area contributed by atoms with E-state index in [9.17, 15) is 9.59 Å². The van der Waals surface area contributed by atoms with Gasteiger partial charge < -0.3 is 21.7 Å². The van der Waals surface area contributed by atoms with E-state index in [1.54, 1.807) is 17.9 Å². The second kappa shape index (κ2) is 7.91. The number of carbonyl (C=O) groups is 2. The minimum absolute atomic E-state index is 0. The fourth-order valence-electron chi connectivity index (χ4n) is 3.86. The van der Waals surface area contributed by atoms with E-state index in [2.05, 4.69) is 22.2 Å². The van der Waals surface area contributed by atoms with E-state index in [0.29, 0.717) is 29.1 Å². The van der Waals surface area contributed by atoms with Crippen molar-refractivity contribution < 1.29 is 11.0 Å². The monoisotopic (exact) mass is 426 g/mol. The topological polar surface area (TPSA) is 127 Å². The Bertz CT molecular complexity index is 1130. The fraction of sp³-hybridized carbons (Fsp3) is 0.333. The summed E-state index contributed by atoms with van der Waals surface area (Å²) in [6, 6.07) is 7.45. The summed E-state index contributed by atoms with van der Waals surface area (Å²) in [4.78, 5) is 35.9. The number of benzene rings is 1. The van der Waals surface area contributed by atoms with Crippen molar-refractivity contribution in [3.63, 3.8) is 0 Å². The molecule has 9 heteroatoms. The predicted molar refractivity (Wildman–Crippen MR) is 121 cm³/mol. The lowest BCUT2D eigenvalue weighted by Gasteiger charge is -2.38. The summed E-state index contributed by atoms with van der Waals surface area (Å²) >= 11 is 1.43. The van der Waals surface area contributed by atoms with Crippen molar-refractivity contribution in [2.45, 2.75) is 32.7 Å². The minimum atomic E-state index is -0.681. The summed E-state index contributed by atoms with van der Waals surface area (Å²) in [5.74, 6) is -0.530. The summed E-state index contributed by atoms with van der Waals surface area (Å²) in [6.45, 7) is 4.41. The van der Waals surface area contributed by atoms with Gasteiger partial charge in [-0.3, -0.25) is 9.59 Å². The summed E-state index contributed by atoms with van der Waals surface area (Å²) in [7, 11) is 0. The van der Waals surface area contributed by atoms with Crippen molar-refractivity contribution in [3.05, 3.63) is 41.6 Å². The lowest BCUT2D eigenvalue weighted by atomic mass is 9.89. The Morgan fingerprint density at radius 3 is 2.83 bits per heavy atom. The molecule has 5 N–H and O–H groups in total. The molecule has 0 radical (unpaired) electrons. The van der Waals surface area contributed by atoms with Crippen LogP contribution in [0, 0.1) is 12.8 Å². The van der Waals surface area contributed by atoms with Crippen LogP contribution in [0.4, 0.5) is 16.6 Å². The van der Waals surface area contributed by atoms with E-state index in [0.717, 1.165) is 34.2 Å². The molecule has 30 heavy (non-hydrogen) atoms. The van der Waals surface area contributed by atoms with Crippen LogP contribution in [-0.4, -0.2) is 33.2 Å². The molecule has 4 rings (SSSR count). The SMILES string of the molecule is Cc1cc(NC(=O)C(=O)N2C[C@H](C)CC[C@H]2c2ccc3sc(N)nc3c2)cnc1N.[HH]. The number of nitrogens with two attached hydrogens (primary N) is 2. The highest BCUT2D eigenvalue weighted by atomic mass is 32.1. The Hall–Kier alpha value is -3.20. The maximum atomic E-state index is 13.1. The van der Waals surface area contributed by atoms with Gasteiger partial charge in [0.25, 0.3) is 0 Å². The Morgan fingerprint density at radius 1 is 1.27 bits per heavy atom. The number of piperidine rings is 1. The highest BCUT2D eigenvalue weighted by molar-refractivity contribution is 7.22. The number of rotatable bonds is 2. The number of aromatic nitrogens is 2. The lowest BCUT2D eigenvalue weighted by molar-refractivity contribution is -0.146. The second-order valence-electron chi connectivity index (χ2n) is 7.82. The molecule has 1 aromatic carbocycles. The van der Waals surface area contributed by atoms with Crippen molar-refractivity contribution in [3.8, 4) is 0 Å². The van der Waals surface area contributed by atoms with Gasteiger partial charge in [0.2, 0.25) is 0 Å². The first kappa shape index (κ1) is 20.1. The lowest BCUT2D eigenvalue weighted by Crippen LogP contribution is -2.46. The fourth-order valence-corrected chi connectivity index (χ4v) is 4.58. The Morgan fingerprint density at radius 2 is 2.07 bits per heavy atom. The average molecular weight is 427 g/mol. The number of thiazole rings is 1. The molecule has 0 spiro atoms. The van der Waals surface area contributed by atoms with E-state index in [-0.39, 0.29) is 7.47 Å². The number of nitrogens with zero attached hydrogens (tertiary/aromatic N) is 3. The van der Waals surface area contributed by atoms with Crippen molar-refractivity contribution in [1.29, 1.82) is 0 Å². The molecule has 1 fully saturated rings. The van der Waals surface area contributed by atoms with Gasteiger partial charge in [-0.05, 0) is 55.0 Å². The van der Waals surface area contributed by atoms with E-state index in [1.807, 2.05) is 18.2 Å². The van der Waals surface area contributed by atoms with E-state index in [1.165, 1.54) is 17.5 Å². The Labute approximate surface area is 179 Å². The van der Waals surface area contributed by atoms with Crippen molar-refractivity contribution in [2.75, 3.05) is 23.3 Å². The zero-order valence-corrected chi connectivity index (χ0v) is 17.7. The van der Waals surface area contributed by atoms with Gasteiger partial charge in [0.05, 0.1) is 28.1 Å². The molecule has 3 heterocycles. The zero-order valence-electron chi connectivity index (χ0n) is 16.9. The van der Waals surface area contributed by atoms with Crippen LogP contribution >= 0.6 is 11.3 Å². The molecular formula is C21H26N6O2S. The van der Waals surface area contributed by atoms with Gasteiger partial charge in [-0.15, -0.1) is 0 Å². The third-order valence-corrected chi connectivity index (χ3v) is 6.33. The maximum Gasteiger partial charge on any atom is 0.313 e. The van der Waals surface area contributed by atoms with E-state index in [4.69, 9.17) is 11.5 Å². The molecule has 2 amide bonds. The Kier molecular flexibility index (Phi) is 5.29. The normalized spacial score (nSPS) is 19.1. The number of nitrogens with one attached hydrogen (secondary N) is 1. The maximum absolute atomic E-state index is 13.1. The van der Waals surface area contributed by atoms with Crippen LogP contribution in [0.1, 0.15) is 38.4 Å². The molecule has 3 aromatic rings. The standard InChI is InChI=1S/C21H24N6O2S.H2/c1-11-3-5-16(13-4-6-17-15(8-13)26-21(23)30-17)27(10-11)20(29)19(28)25-14-7-12(2)18(22)24-9-14;/h4,6-9,11,16H,3,5,10H2,1-2H3,(H2,22,24)(H2,23,26)(H,25,28);1H/t11-,16+;/m1./s1. The number of hydrogen-bond donors (Lipinski definition) is 3. The molecule has 2 aromatic heterocycles. The quantitative estimate of drug-likeness (QED) is 0.539. The molecular weight excluding hydrogens is 400 g/mol. The summed E-state index contributed by atoms with van der Waals surface area (Å²) in [5.41, 5.74) is 14.5. The number of anilines is 3. The number of carbonyl (C=O) groups excluding carboxylic acids is 2. The smallest absolute Gasteiger partial charge is 0.313 e. The van der Waals surface area contributed by atoms with Gasteiger partial charge in [0.15, 0.2) is 5.13 Å². The highest BCUT2D eigenvalue weighted by Gasteiger charge is 2.34. The first-order chi connectivity index (χ1) is 14.3. The van der Waals surface area contributed by atoms with Gasteiger partial charge in [0.1, 0.15) is 5.82 Å². The molecule has 0 bridgehead atoms. The van der Waals surface area contributed by atoms with E-state index >= 15 is 0 Å². The average Bonchev–Trinajstić information content (AvgIpc) is 3.09.